The van der Waals surface area contributed by atoms with Crippen LogP contribution in [0.1, 0.15) is 50.5 Å². The molecular weight excluding hydrogens is 712 g/mol. The summed E-state index contributed by atoms with van der Waals surface area (Å²) in [6, 6.07) is 0.460. The molecule has 294 valence electrons. The van der Waals surface area contributed by atoms with Crippen LogP contribution in [-0.4, -0.2) is 128 Å². The van der Waals surface area contributed by atoms with Crippen LogP contribution < -0.4 is 38.5 Å². The van der Waals surface area contributed by atoms with E-state index >= 15 is 0 Å². The molecule has 0 spiro atoms. The van der Waals surface area contributed by atoms with E-state index in [0.29, 0.717) is 12.0 Å². The van der Waals surface area contributed by atoms with Crippen LogP contribution >= 0.6 is 0 Å². The predicted molar refractivity (Wildman–Crippen MR) is 190 cm³/mol. The maximum absolute atomic E-state index is 14.3. The fraction of sp³-hybridized carbons (Fsp3) is 0.485. The van der Waals surface area contributed by atoms with Crippen LogP contribution in [0.15, 0.2) is 35.5 Å². The van der Waals surface area contributed by atoms with E-state index in [9.17, 15) is 48.6 Å². The number of carboxylic acids is 3. The number of carbonyl (C=O) groups is 8. The summed E-state index contributed by atoms with van der Waals surface area (Å²) in [5, 5.41) is 38.2. The molecule has 1 aliphatic heterocycles. The quantitative estimate of drug-likeness (QED) is 0.0345. The number of nitrogens with two attached hydrogens (primary N) is 3. The minimum atomic E-state index is -1.51. The summed E-state index contributed by atoms with van der Waals surface area (Å²) in [7, 11) is 0. The molecule has 0 aliphatic carbocycles. The Hall–Kier alpha value is -6.25. The average Bonchev–Trinajstić information content (AvgIpc) is 3.77. The number of nitrogens with one attached hydrogen (secondary N) is 5. The number of carboxylic acid groups (broad SMARTS) is 3. The molecule has 3 rings (SSSR count). The first kappa shape index (κ1) is 42.2. The van der Waals surface area contributed by atoms with Gasteiger partial charge in [0.05, 0.1) is 19.0 Å². The van der Waals surface area contributed by atoms with Gasteiger partial charge in [0.2, 0.25) is 29.5 Å². The third-order valence-electron chi connectivity index (χ3n) is 8.57. The molecule has 21 nitrogen and oxygen atoms in total. The summed E-state index contributed by atoms with van der Waals surface area (Å²) in [6.45, 7) is -0.492. The number of aromatic nitrogens is 1. The van der Waals surface area contributed by atoms with Gasteiger partial charge in [0.1, 0.15) is 24.2 Å². The van der Waals surface area contributed by atoms with E-state index in [1.165, 1.54) is 4.90 Å². The lowest BCUT2D eigenvalue weighted by Gasteiger charge is -2.30. The second-order valence-corrected chi connectivity index (χ2v) is 12.6. The van der Waals surface area contributed by atoms with Crippen LogP contribution in [0, 0.1) is 0 Å². The van der Waals surface area contributed by atoms with Crippen LogP contribution in [-0.2, 0) is 44.8 Å². The number of hydrogen-bond donors (Lipinski definition) is 11. The van der Waals surface area contributed by atoms with Crippen LogP contribution in [0.4, 0.5) is 0 Å². The highest BCUT2D eigenvalue weighted by atomic mass is 16.4. The molecule has 5 atom stereocenters. The Balaban J connectivity index is 1.83. The third kappa shape index (κ3) is 12.8. The SMILES string of the molecule is NC(N)=NCCCC(NC(=O)C1CCCN1C(=O)C(Cc1c[nH]c2ccccc12)NC(=O)C(CCC(=O)O)NC(=O)CNC(=O)C(N)CC(=O)O)C(=O)O. The number of aromatic amines is 1. The van der Waals surface area contributed by atoms with Gasteiger partial charge < -0.3 is 63.7 Å². The number of fused-ring (bicyclic) bond motifs is 1. The number of guanidine groups is 1. The van der Waals surface area contributed by atoms with Crippen molar-refractivity contribution in [1.29, 1.82) is 0 Å². The molecule has 0 saturated carbocycles. The molecule has 1 aliphatic rings. The molecule has 54 heavy (non-hydrogen) atoms. The average molecular weight is 759 g/mol. The van der Waals surface area contributed by atoms with Gasteiger partial charge in [-0.25, -0.2) is 4.79 Å². The van der Waals surface area contributed by atoms with Gasteiger partial charge in [0.25, 0.3) is 0 Å². The first-order chi connectivity index (χ1) is 25.6. The Morgan fingerprint density at radius 1 is 0.907 bits per heavy atom. The second-order valence-electron chi connectivity index (χ2n) is 12.6. The summed E-state index contributed by atoms with van der Waals surface area (Å²) >= 11 is 0. The predicted octanol–water partition coefficient (Wildman–Crippen LogP) is -2.92. The molecule has 5 unspecified atom stereocenters. The molecule has 14 N–H and O–H groups in total. The zero-order valence-corrected chi connectivity index (χ0v) is 29.3. The van der Waals surface area contributed by atoms with Crippen molar-refractivity contribution in [1.82, 2.24) is 31.2 Å². The molecule has 2 aromatic rings. The smallest absolute Gasteiger partial charge is 0.326 e. The van der Waals surface area contributed by atoms with Gasteiger partial charge >= 0.3 is 17.9 Å². The van der Waals surface area contributed by atoms with Gasteiger partial charge in [-0.3, -0.25) is 38.6 Å². The van der Waals surface area contributed by atoms with Crippen LogP contribution in [0.5, 0.6) is 0 Å². The van der Waals surface area contributed by atoms with Crippen molar-refractivity contribution in [3.8, 4) is 0 Å². The Morgan fingerprint density at radius 2 is 1.63 bits per heavy atom. The number of H-pyrrole nitrogens is 1. The topological polar surface area (TPSA) is 355 Å². The number of aliphatic carboxylic acids is 3. The lowest BCUT2D eigenvalue weighted by atomic mass is 10.0. The first-order valence-corrected chi connectivity index (χ1v) is 17.1. The summed E-state index contributed by atoms with van der Waals surface area (Å²) in [5.41, 5.74) is 17.5. The number of amides is 5. The molecular formula is C33H46N10O11. The highest BCUT2D eigenvalue weighted by molar-refractivity contribution is 5.97. The molecule has 1 aromatic heterocycles. The van der Waals surface area contributed by atoms with E-state index < -0.39 is 103 Å². The summed E-state index contributed by atoms with van der Waals surface area (Å²) in [5.74, 6) is -8.33. The van der Waals surface area contributed by atoms with Crippen molar-refractivity contribution in [2.24, 2.45) is 22.2 Å². The highest BCUT2D eigenvalue weighted by Crippen LogP contribution is 2.23. The summed E-state index contributed by atoms with van der Waals surface area (Å²) in [4.78, 5) is 109. The first-order valence-electron chi connectivity index (χ1n) is 17.1. The lowest BCUT2D eigenvalue weighted by Crippen LogP contribution is -2.58. The molecule has 0 radical (unpaired) electrons. The Labute approximate surface area is 308 Å². The molecule has 1 fully saturated rings. The van der Waals surface area contributed by atoms with E-state index in [0.717, 1.165) is 10.9 Å². The molecule has 1 aromatic carbocycles. The van der Waals surface area contributed by atoms with E-state index in [1.807, 2.05) is 0 Å². The van der Waals surface area contributed by atoms with Gasteiger partial charge in [0, 0.05) is 43.0 Å². The Bertz CT molecular complexity index is 1740. The fourth-order valence-electron chi connectivity index (χ4n) is 5.89. The van der Waals surface area contributed by atoms with Crippen LogP contribution in [0.2, 0.25) is 0 Å². The highest BCUT2D eigenvalue weighted by Gasteiger charge is 2.40. The maximum atomic E-state index is 14.3. The van der Waals surface area contributed by atoms with Crippen molar-refractivity contribution in [3.63, 3.8) is 0 Å². The number of benzene rings is 1. The van der Waals surface area contributed by atoms with Gasteiger partial charge in [-0.1, -0.05) is 18.2 Å². The molecule has 21 heteroatoms. The minimum absolute atomic E-state index is 0.0000356. The molecule has 0 bridgehead atoms. The number of rotatable bonds is 21. The van der Waals surface area contributed by atoms with Gasteiger partial charge in [-0.15, -0.1) is 0 Å². The molecule has 1 saturated heterocycles. The number of para-hydroxylation sites is 1. The standard InChI is InChI=1S/C33H46N10O11/c34-19(14-27(47)48)28(49)39-16-25(44)40-21(9-10-26(45)46)29(50)42-23(13-17-15-38-20-6-2-1-5-18(17)20)31(52)43-12-4-8-24(43)30(51)41-22(32(53)54)7-3-11-37-33(35)36/h1-2,5-6,15,19,21-24,38H,3-4,7-14,16,34H2,(H,39,49)(H,40,44)(H,41,51)(H,42,50)(H,45,46)(H,47,48)(H,53,54)(H4,35,36,37). The number of carbonyl (C=O) groups excluding carboxylic acids is 5. The summed E-state index contributed by atoms with van der Waals surface area (Å²) < 4.78 is 0. The monoisotopic (exact) mass is 758 g/mol. The second kappa shape index (κ2) is 20.1. The van der Waals surface area contributed by atoms with Crippen molar-refractivity contribution in [2.75, 3.05) is 19.6 Å². The zero-order chi connectivity index (χ0) is 39.9. The Kier molecular flexibility index (Phi) is 15.7. The van der Waals surface area contributed by atoms with Gasteiger partial charge in [-0.05, 0) is 43.7 Å². The van der Waals surface area contributed by atoms with Crippen molar-refractivity contribution >= 4 is 64.3 Å². The largest absolute Gasteiger partial charge is 0.481 e. The van der Waals surface area contributed by atoms with E-state index in [2.05, 4.69) is 31.2 Å². The van der Waals surface area contributed by atoms with E-state index in [-0.39, 0.29) is 44.7 Å². The number of nitrogens with zero attached hydrogens (tertiary/aromatic N) is 2. The van der Waals surface area contributed by atoms with Crippen molar-refractivity contribution in [2.45, 2.75) is 81.6 Å². The van der Waals surface area contributed by atoms with Crippen LogP contribution in [0.25, 0.3) is 10.9 Å². The number of hydrogen-bond acceptors (Lipinski definition) is 10. The Morgan fingerprint density at radius 3 is 2.30 bits per heavy atom. The van der Waals surface area contributed by atoms with Crippen molar-refractivity contribution < 1.29 is 53.7 Å². The fourth-order valence-corrected chi connectivity index (χ4v) is 5.89. The van der Waals surface area contributed by atoms with Gasteiger partial charge in [0.15, 0.2) is 5.96 Å². The van der Waals surface area contributed by atoms with Crippen molar-refractivity contribution in [3.05, 3.63) is 36.0 Å². The number of aliphatic imine (C=N–C) groups is 1. The molecule has 5 amide bonds. The number of likely N-dealkylation sites (tertiary alicyclic amines) is 1. The van der Waals surface area contributed by atoms with E-state index in [1.54, 1.807) is 30.5 Å². The third-order valence-corrected chi connectivity index (χ3v) is 8.57. The lowest BCUT2D eigenvalue weighted by molar-refractivity contribution is -0.145. The summed E-state index contributed by atoms with van der Waals surface area (Å²) in [6.07, 6.45) is 0.687. The maximum Gasteiger partial charge on any atom is 0.326 e. The van der Waals surface area contributed by atoms with Gasteiger partial charge in [-0.2, -0.15) is 0 Å². The normalized spacial score (nSPS) is 15.9. The van der Waals surface area contributed by atoms with Crippen LogP contribution in [0.3, 0.4) is 0 Å². The zero-order valence-electron chi connectivity index (χ0n) is 29.3. The minimum Gasteiger partial charge on any atom is -0.481 e. The van der Waals surface area contributed by atoms with E-state index in [4.69, 9.17) is 22.3 Å². The molecule has 2 heterocycles.